The van der Waals surface area contributed by atoms with Crippen LogP contribution in [0.2, 0.25) is 0 Å². The molecule has 0 fully saturated rings. The SMILES string of the molecule is CCCCOC(=O)C(C(=O)OCc1ccc2c(c1)OCO2)n1cc[n+](C)c1.[Br-]. The van der Waals surface area contributed by atoms with Crippen molar-refractivity contribution in [2.75, 3.05) is 13.4 Å². The van der Waals surface area contributed by atoms with Crippen LogP contribution in [0.3, 0.4) is 0 Å². The summed E-state index contributed by atoms with van der Waals surface area (Å²) in [6, 6.07) is 4.11. The molecule has 1 aliphatic rings. The molecule has 0 saturated carbocycles. The van der Waals surface area contributed by atoms with E-state index in [-0.39, 0.29) is 37.0 Å². The zero-order valence-electron chi connectivity index (χ0n) is 15.8. The third kappa shape index (κ3) is 5.25. The summed E-state index contributed by atoms with van der Waals surface area (Å²) >= 11 is 0. The van der Waals surface area contributed by atoms with Crippen LogP contribution >= 0.6 is 0 Å². The Kier molecular flexibility index (Phi) is 7.86. The van der Waals surface area contributed by atoms with Crippen LogP contribution in [0.15, 0.2) is 36.9 Å². The monoisotopic (exact) mass is 454 g/mol. The quantitative estimate of drug-likeness (QED) is 0.213. The zero-order valence-corrected chi connectivity index (χ0v) is 17.4. The van der Waals surface area contributed by atoms with Crippen LogP contribution in [0, 0.1) is 0 Å². The number of aryl methyl sites for hydroxylation is 1. The molecule has 1 aliphatic heterocycles. The van der Waals surface area contributed by atoms with Gasteiger partial charge >= 0.3 is 11.9 Å². The molecule has 0 amide bonds. The first-order valence-electron chi connectivity index (χ1n) is 8.83. The second-order valence-corrected chi connectivity index (χ2v) is 6.25. The highest BCUT2D eigenvalue weighted by atomic mass is 79.9. The standard InChI is InChI=1S/C19H23N2O6.BrH/c1-3-4-9-24-18(22)17(21-8-7-20(2)12-21)19(23)25-11-14-5-6-15-16(10-14)27-13-26-15;/h5-8,10,12,17H,3-4,9,11,13H2,1-2H3;1H/q+1;/p-1. The fraction of sp³-hybridized carbons (Fsp3) is 0.421. The average molecular weight is 455 g/mol. The van der Waals surface area contributed by atoms with Crippen molar-refractivity contribution in [3.8, 4) is 11.5 Å². The molecule has 0 bridgehead atoms. The fourth-order valence-electron chi connectivity index (χ4n) is 2.62. The maximum absolute atomic E-state index is 12.6. The second kappa shape index (κ2) is 10.1. The lowest BCUT2D eigenvalue weighted by atomic mass is 10.2. The van der Waals surface area contributed by atoms with E-state index in [0.29, 0.717) is 11.5 Å². The molecule has 1 atom stereocenters. The number of carbonyl (C=O) groups is 2. The summed E-state index contributed by atoms with van der Waals surface area (Å²) < 4.78 is 24.4. The molecule has 0 aliphatic carbocycles. The third-order valence-corrected chi connectivity index (χ3v) is 4.09. The Labute approximate surface area is 173 Å². The molecule has 28 heavy (non-hydrogen) atoms. The van der Waals surface area contributed by atoms with Gasteiger partial charge in [0.05, 0.1) is 13.7 Å². The number of ether oxygens (including phenoxy) is 4. The van der Waals surface area contributed by atoms with Gasteiger partial charge in [-0.05, 0) is 24.1 Å². The van der Waals surface area contributed by atoms with Crippen LogP contribution in [0.1, 0.15) is 31.4 Å². The number of rotatable bonds is 8. The predicted molar refractivity (Wildman–Crippen MR) is 92.9 cm³/mol. The van der Waals surface area contributed by atoms with E-state index in [2.05, 4.69) is 0 Å². The van der Waals surface area contributed by atoms with Gasteiger partial charge in [0.15, 0.2) is 11.5 Å². The van der Waals surface area contributed by atoms with E-state index in [9.17, 15) is 9.59 Å². The molecule has 0 spiro atoms. The van der Waals surface area contributed by atoms with Gasteiger partial charge in [-0.25, -0.2) is 18.7 Å². The Balaban J connectivity index is 0.00000280. The van der Waals surface area contributed by atoms with Crippen LogP contribution in [0.25, 0.3) is 0 Å². The van der Waals surface area contributed by atoms with Crippen LogP contribution in [-0.4, -0.2) is 29.9 Å². The molecule has 1 aromatic carbocycles. The molecule has 2 aromatic rings. The van der Waals surface area contributed by atoms with Gasteiger partial charge in [-0.15, -0.1) is 0 Å². The number of hydrogen-bond acceptors (Lipinski definition) is 6. The Hall–Kier alpha value is -2.55. The van der Waals surface area contributed by atoms with E-state index in [0.717, 1.165) is 18.4 Å². The lowest BCUT2D eigenvalue weighted by Crippen LogP contribution is -3.00. The molecule has 152 valence electrons. The maximum Gasteiger partial charge on any atom is 0.364 e. The highest BCUT2D eigenvalue weighted by molar-refractivity contribution is 5.97. The Morgan fingerprint density at radius 3 is 2.68 bits per heavy atom. The lowest BCUT2D eigenvalue weighted by molar-refractivity contribution is -0.671. The van der Waals surface area contributed by atoms with Gasteiger partial charge in [0, 0.05) is 0 Å². The number of fused-ring (bicyclic) bond motifs is 1. The van der Waals surface area contributed by atoms with Crippen molar-refractivity contribution in [2.24, 2.45) is 7.05 Å². The molecule has 8 nitrogen and oxygen atoms in total. The summed E-state index contributed by atoms with van der Waals surface area (Å²) in [4.78, 5) is 25.1. The minimum Gasteiger partial charge on any atom is -1.00 e. The number of carbonyl (C=O) groups excluding carboxylic acids is 2. The van der Waals surface area contributed by atoms with Crippen LogP contribution in [0.4, 0.5) is 0 Å². The van der Waals surface area contributed by atoms with Crippen LogP contribution < -0.4 is 31.0 Å². The number of aromatic nitrogens is 2. The topological polar surface area (TPSA) is 79.9 Å². The molecule has 1 aromatic heterocycles. The van der Waals surface area contributed by atoms with E-state index in [1.165, 1.54) is 4.57 Å². The highest BCUT2D eigenvalue weighted by Crippen LogP contribution is 2.32. The molecule has 0 saturated heterocycles. The summed E-state index contributed by atoms with van der Waals surface area (Å²) in [6.45, 7) is 2.46. The number of hydrogen-bond donors (Lipinski definition) is 0. The van der Waals surface area contributed by atoms with Crippen LogP contribution in [-0.2, 0) is 32.7 Å². The lowest BCUT2D eigenvalue weighted by Gasteiger charge is -2.13. The third-order valence-electron chi connectivity index (χ3n) is 4.09. The normalized spacial score (nSPS) is 12.8. The Morgan fingerprint density at radius 1 is 1.21 bits per heavy atom. The van der Waals surface area contributed by atoms with Crippen LogP contribution in [0.5, 0.6) is 11.5 Å². The molecule has 0 radical (unpaired) electrons. The zero-order chi connectivity index (χ0) is 19.2. The molecular formula is C19H23BrN2O6. The van der Waals surface area contributed by atoms with Gasteiger partial charge in [0.1, 0.15) is 19.0 Å². The fourth-order valence-corrected chi connectivity index (χ4v) is 2.62. The van der Waals surface area contributed by atoms with Gasteiger partial charge in [-0.1, -0.05) is 19.4 Å². The van der Waals surface area contributed by atoms with Gasteiger partial charge in [0.25, 0.3) is 6.04 Å². The van der Waals surface area contributed by atoms with Gasteiger partial charge in [-0.2, -0.15) is 0 Å². The van der Waals surface area contributed by atoms with Crippen molar-refractivity contribution in [3.05, 3.63) is 42.5 Å². The minimum atomic E-state index is -1.18. The van der Waals surface area contributed by atoms with Gasteiger partial charge in [0.2, 0.25) is 13.1 Å². The number of unbranched alkanes of at least 4 members (excludes halogenated alkanes) is 1. The summed E-state index contributed by atoms with van der Waals surface area (Å²) in [6.07, 6.45) is 6.63. The Bertz CT molecular complexity index is 823. The molecule has 1 unspecified atom stereocenters. The van der Waals surface area contributed by atoms with Crippen molar-refractivity contribution in [1.82, 2.24) is 4.57 Å². The summed E-state index contributed by atoms with van der Waals surface area (Å²) in [5, 5.41) is 0. The van der Waals surface area contributed by atoms with Crippen molar-refractivity contribution in [2.45, 2.75) is 32.4 Å². The number of nitrogens with zero attached hydrogens (tertiary/aromatic N) is 2. The summed E-state index contributed by atoms with van der Waals surface area (Å²) in [5.74, 6) is -0.0421. The van der Waals surface area contributed by atoms with Crippen molar-refractivity contribution < 1.29 is 50.1 Å². The average Bonchev–Trinajstić information content (AvgIpc) is 3.29. The first-order valence-corrected chi connectivity index (χ1v) is 8.83. The smallest absolute Gasteiger partial charge is 0.364 e. The first-order chi connectivity index (χ1) is 13.1. The predicted octanol–water partition coefficient (Wildman–Crippen LogP) is -1.33. The Morgan fingerprint density at radius 2 is 1.96 bits per heavy atom. The number of imidazole rings is 1. The number of esters is 2. The first kappa shape index (κ1) is 21.7. The molecule has 2 heterocycles. The number of benzene rings is 1. The van der Waals surface area contributed by atoms with Crippen molar-refractivity contribution in [1.29, 1.82) is 0 Å². The molecule has 9 heteroatoms. The largest absolute Gasteiger partial charge is 1.00 e. The summed E-state index contributed by atoms with van der Waals surface area (Å²) in [7, 11) is 1.80. The molecular weight excluding hydrogens is 432 g/mol. The number of halogens is 1. The minimum absolute atomic E-state index is 0. The maximum atomic E-state index is 12.6. The molecule has 3 rings (SSSR count). The molecule has 0 N–H and O–H groups in total. The van der Waals surface area contributed by atoms with E-state index in [1.807, 2.05) is 6.92 Å². The van der Waals surface area contributed by atoms with E-state index in [4.69, 9.17) is 18.9 Å². The van der Waals surface area contributed by atoms with E-state index < -0.39 is 18.0 Å². The highest BCUT2D eigenvalue weighted by Gasteiger charge is 2.36. The summed E-state index contributed by atoms with van der Waals surface area (Å²) in [5.41, 5.74) is 0.740. The van der Waals surface area contributed by atoms with Crippen molar-refractivity contribution >= 4 is 11.9 Å². The second-order valence-electron chi connectivity index (χ2n) is 6.25. The van der Waals surface area contributed by atoms with Gasteiger partial charge < -0.3 is 35.9 Å². The van der Waals surface area contributed by atoms with Crippen molar-refractivity contribution in [3.63, 3.8) is 0 Å². The van der Waals surface area contributed by atoms with E-state index >= 15 is 0 Å². The van der Waals surface area contributed by atoms with Gasteiger partial charge in [-0.3, -0.25) is 0 Å². The van der Waals surface area contributed by atoms with E-state index in [1.54, 1.807) is 48.5 Å².